The van der Waals surface area contributed by atoms with Crippen molar-refractivity contribution in [3.8, 4) is 0 Å². The zero-order chi connectivity index (χ0) is 12.7. The van der Waals surface area contributed by atoms with Crippen molar-refractivity contribution in [1.82, 2.24) is 0 Å². The molecule has 0 unspecified atom stereocenters. The number of carbonyl (C=O) groups is 2. The lowest BCUT2D eigenvalue weighted by atomic mass is 9.91. The molecule has 4 heteroatoms. The van der Waals surface area contributed by atoms with Crippen molar-refractivity contribution in [3.05, 3.63) is 51.6 Å². The van der Waals surface area contributed by atoms with Gasteiger partial charge in [0.05, 0.1) is 5.36 Å². The monoisotopic (exact) mass is 238 g/mol. The minimum absolute atomic E-state index is 0.0824. The number of Topliss-reactive ketones (excluding diaryl/α,β-unsaturated/α-hetero) is 1. The van der Waals surface area contributed by atoms with Gasteiger partial charge in [-0.25, -0.2) is 4.99 Å². The Hall–Kier alpha value is -2.33. The SMILES string of the molecule is NCC1=CC=c2ccc3c(c2C1=O)C=CC(=O)N=3. The van der Waals surface area contributed by atoms with Crippen LogP contribution >= 0.6 is 0 Å². The number of hydrogen-bond donors (Lipinski definition) is 1. The molecule has 4 nitrogen and oxygen atoms in total. The van der Waals surface area contributed by atoms with E-state index in [0.717, 1.165) is 5.22 Å². The van der Waals surface area contributed by atoms with Crippen LogP contribution in [0.15, 0.2) is 34.9 Å². The van der Waals surface area contributed by atoms with Gasteiger partial charge in [-0.05, 0) is 17.4 Å². The Labute approximate surface area is 103 Å². The summed E-state index contributed by atoms with van der Waals surface area (Å²) in [6, 6.07) is 3.55. The highest BCUT2D eigenvalue weighted by molar-refractivity contribution is 6.13. The van der Waals surface area contributed by atoms with Crippen LogP contribution < -0.4 is 16.3 Å². The predicted octanol–water partition coefficient (Wildman–Crippen LogP) is -0.278. The summed E-state index contributed by atoms with van der Waals surface area (Å²) in [5.41, 5.74) is 7.40. The zero-order valence-corrected chi connectivity index (χ0v) is 9.51. The number of hydrogen-bond acceptors (Lipinski definition) is 3. The number of fused-ring (bicyclic) bond motifs is 3. The van der Waals surface area contributed by atoms with Crippen molar-refractivity contribution in [2.45, 2.75) is 0 Å². The molecule has 1 amide bonds. The largest absolute Gasteiger partial charge is 0.326 e. The molecule has 1 aromatic carbocycles. The van der Waals surface area contributed by atoms with E-state index in [4.69, 9.17) is 5.73 Å². The van der Waals surface area contributed by atoms with E-state index in [1.165, 1.54) is 6.08 Å². The third-order valence-electron chi connectivity index (χ3n) is 3.08. The predicted molar refractivity (Wildman–Crippen MR) is 67.2 cm³/mol. The molecule has 1 aliphatic heterocycles. The number of ketones is 1. The van der Waals surface area contributed by atoms with Crippen molar-refractivity contribution < 1.29 is 9.59 Å². The Morgan fingerprint density at radius 3 is 2.72 bits per heavy atom. The number of nitrogens with zero attached hydrogens (tertiary/aromatic N) is 1. The second-order valence-corrected chi connectivity index (χ2v) is 4.14. The first-order valence-corrected chi connectivity index (χ1v) is 5.60. The van der Waals surface area contributed by atoms with Crippen LogP contribution in [0.25, 0.3) is 12.2 Å². The summed E-state index contributed by atoms with van der Waals surface area (Å²) in [7, 11) is 0. The second kappa shape index (κ2) is 3.85. The molecule has 0 saturated heterocycles. The molecule has 2 N–H and O–H groups in total. The molecule has 0 bridgehead atoms. The fourth-order valence-electron chi connectivity index (χ4n) is 2.18. The van der Waals surface area contributed by atoms with Crippen LogP contribution in [0.4, 0.5) is 0 Å². The van der Waals surface area contributed by atoms with Crippen molar-refractivity contribution >= 4 is 23.8 Å². The lowest BCUT2D eigenvalue weighted by Gasteiger charge is -2.13. The van der Waals surface area contributed by atoms with Gasteiger partial charge in [-0.15, -0.1) is 0 Å². The number of amides is 1. The molecule has 0 atom stereocenters. The minimum Gasteiger partial charge on any atom is -0.326 e. The first-order valence-electron chi connectivity index (χ1n) is 5.60. The van der Waals surface area contributed by atoms with E-state index in [1.54, 1.807) is 24.3 Å². The Kier molecular flexibility index (Phi) is 2.31. The van der Waals surface area contributed by atoms with Gasteiger partial charge in [0.1, 0.15) is 0 Å². The third kappa shape index (κ3) is 1.47. The lowest BCUT2D eigenvalue weighted by molar-refractivity contribution is -0.113. The Balaban J connectivity index is 2.36. The number of benzene rings is 1. The molecule has 0 saturated carbocycles. The van der Waals surface area contributed by atoms with Crippen LogP contribution in [-0.2, 0) is 4.79 Å². The second-order valence-electron chi connectivity index (χ2n) is 4.14. The number of carbonyl (C=O) groups excluding carboxylic acids is 2. The van der Waals surface area contributed by atoms with Gasteiger partial charge >= 0.3 is 0 Å². The smallest absolute Gasteiger partial charge is 0.270 e. The average molecular weight is 238 g/mol. The molecule has 0 fully saturated rings. The van der Waals surface area contributed by atoms with Gasteiger partial charge in [-0.2, -0.15) is 0 Å². The molecule has 18 heavy (non-hydrogen) atoms. The van der Waals surface area contributed by atoms with Gasteiger partial charge in [-0.3, -0.25) is 9.59 Å². The Morgan fingerprint density at radius 2 is 1.94 bits per heavy atom. The topological polar surface area (TPSA) is 72.5 Å². The maximum atomic E-state index is 12.3. The van der Waals surface area contributed by atoms with Crippen molar-refractivity contribution in [1.29, 1.82) is 0 Å². The van der Waals surface area contributed by atoms with Crippen LogP contribution in [0.3, 0.4) is 0 Å². The van der Waals surface area contributed by atoms with Gasteiger partial charge in [-0.1, -0.05) is 18.2 Å². The number of allylic oxidation sites excluding steroid dienone is 1. The lowest BCUT2D eigenvalue weighted by Crippen LogP contribution is -2.30. The van der Waals surface area contributed by atoms with E-state index < -0.39 is 0 Å². The molecule has 88 valence electrons. The van der Waals surface area contributed by atoms with Gasteiger partial charge in [0.25, 0.3) is 5.91 Å². The van der Waals surface area contributed by atoms with E-state index in [9.17, 15) is 9.59 Å². The number of rotatable bonds is 1. The van der Waals surface area contributed by atoms with E-state index in [1.807, 2.05) is 6.08 Å². The van der Waals surface area contributed by atoms with Crippen LogP contribution in [0.1, 0.15) is 15.9 Å². The highest BCUT2D eigenvalue weighted by atomic mass is 16.1. The highest BCUT2D eigenvalue weighted by Crippen LogP contribution is 2.13. The standard InChI is InChI=1S/C14H10N2O2/c15-7-9-2-1-8-3-5-11-10(13(8)14(9)18)4-6-12(17)16-11/h1-6H,7,15H2. The fourth-order valence-corrected chi connectivity index (χ4v) is 2.18. The van der Waals surface area contributed by atoms with Crippen LogP contribution in [-0.4, -0.2) is 18.2 Å². The van der Waals surface area contributed by atoms with Gasteiger partial charge in [0, 0.05) is 29.3 Å². The quantitative estimate of drug-likeness (QED) is 0.731. The molecular weight excluding hydrogens is 228 g/mol. The zero-order valence-electron chi connectivity index (χ0n) is 9.51. The van der Waals surface area contributed by atoms with Crippen LogP contribution in [0.5, 0.6) is 0 Å². The molecule has 3 rings (SSSR count). The third-order valence-corrected chi connectivity index (χ3v) is 3.08. The van der Waals surface area contributed by atoms with Crippen LogP contribution in [0.2, 0.25) is 0 Å². The van der Waals surface area contributed by atoms with Crippen molar-refractivity contribution in [3.63, 3.8) is 0 Å². The van der Waals surface area contributed by atoms with Gasteiger partial charge in [0.15, 0.2) is 5.78 Å². The average Bonchev–Trinajstić information content (AvgIpc) is 2.38. The van der Waals surface area contributed by atoms with Crippen molar-refractivity contribution in [2.75, 3.05) is 6.54 Å². The first kappa shape index (κ1) is 10.8. The summed E-state index contributed by atoms with van der Waals surface area (Å²) < 4.78 is 0. The molecule has 2 aliphatic rings. The summed E-state index contributed by atoms with van der Waals surface area (Å²) in [6.07, 6.45) is 6.63. The fraction of sp³-hybridized carbons (Fsp3) is 0.0714. The summed E-state index contributed by atoms with van der Waals surface area (Å²) in [5.74, 6) is -0.384. The van der Waals surface area contributed by atoms with Gasteiger partial charge in [0.2, 0.25) is 0 Å². The maximum Gasteiger partial charge on any atom is 0.270 e. The van der Waals surface area contributed by atoms with E-state index in [0.29, 0.717) is 22.1 Å². The summed E-state index contributed by atoms with van der Waals surface area (Å²) in [5, 5.41) is 1.38. The van der Waals surface area contributed by atoms with Gasteiger partial charge < -0.3 is 5.73 Å². The summed E-state index contributed by atoms with van der Waals surface area (Å²) in [6.45, 7) is 0.207. The summed E-state index contributed by atoms with van der Waals surface area (Å²) in [4.78, 5) is 27.4. The highest BCUT2D eigenvalue weighted by Gasteiger charge is 2.20. The number of nitrogens with two attached hydrogens (primary N) is 1. The van der Waals surface area contributed by atoms with Crippen molar-refractivity contribution in [2.24, 2.45) is 10.7 Å². The molecular formula is C14H10N2O2. The normalized spacial score (nSPS) is 16.4. The minimum atomic E-state index is -0.302. The van der Waals surface area contributed by atoms with E-state index >= 15 is 0 Å². The van der Waals surface area contributed by atoms with E-state index in [2.05, 4.69) is 4.99 Å². The Bertz CT molecular complexity index is 755. The first-order chi connectivity index (χ1) is 8.70. The van der Waals surface area contributed by atoms with Crippen LogP contribution in [0, 0.1) is 0 Å². The molecule has 0 aromatic heterocycles. The molecule has 1 aromatic rings. The molecule has 0 radical (unpaired) electrons. The maximum absolute atomic E-state index is 12.3. The Morgan fingerprint density at radius 1 is 1.11 bits per heavy atom. The molecule has 0 spiro atoms. The van der Waals surface area contributed by atoms with E-state index in [-0.39, 0.29) is 18.2 Å². The summed E-state index contributed by atoms with van der Waals surface area (Å²) >= 11 is 0. The molecule has 1 heterocycles. The molecule has 1 aliphatic carbocycles.